The van der Waals surface area contributed by atoms with Crippen LogP contribution in [0, 0.1) is 11.3 Å². The SMILES string of the molecule is N#Cc1c(N2CCOCC2)sc(C=O)c1-c1ccccc1. The van der Waals surface area contributed by atoms with E-state index in [9.17, 15) is 10.1 Å². The Kier molecular flexibility index (Phi) is 4.00. The average Bonchev–Trinajstić information content (AvgIpc) is 2.95. The molecule has 0 atom stereocenters. The van der Waals surface area contributed by atoms with E-state index in [4.69, 9.17) is 4.74 Å². The van der Waals surface area contributed by atoms with Gasteiger partial charge in [-0.1, -0.05) is 30.3 Å². The molecule has 0 saturated carbocycles. The van der Waals surface area contributed by atoms with E-state index in [1.807, 2.05) is 30.3 Å². The molecule has 0 unspecified atom stereocenters. The zero-order chi connectivity index (χ0) is 14.7. The van der Waals surface area contributed by atoms with Crippen LogP contribution in [0.3, 0.4) is 0 Å². The van der Waals surface area contributed by atoms with Crippen molar-refractivity contribution < 1.29 is 9.53 Å². The fourth-order valence-electron chi connectivity index (χ4n) is 2.50. The molecule has 1 aromatic carbocycles. The third-order valence-electron chi connectivity index (χ3n) is 3.50. The molecule has 2 aromatic rings. The van der Waals surface area contributed by atoms with Crippen molar-refractivity contribution in [2.24, 2.45) is 0 Å². The fraction of sp³-hybridized carbons (Fsp3) is 0.250. The molecule has 0 N–H and O–H groups in total. The number of thiophene rings is 1. The number of morpholine rings is 1. The van der Waals surface area contributed by atoms with Gasteiger partial charge < -0.3 is 9.64 Å². The van der Waals surface area contributed by atoms with Gasteiger partial charge in [0.25, 0.3) is 0 Å². The molecule has 4 nitrogen and oxygen atoms in total. The monoisotopic (exact) mass is 298 g/mol. The summed E-state index contributed by atoms with van der Waals surface area (Å²) >= 11 is 1.39. The van der Waals surface area contributed by atoms with Crippen LogP contribution in [0.2, 0.25) is 0 Å². The summed E-state index contributed by atoms with van der Waals surface area (Å²) in [6, 6.07) is 11.9. The fourth-order valence-corrected chi connectivity index (χ4v) is 3.64. The van der Waals surface area contributed by atoms with Gasteiger partial charge in [0, 0.05) is 18.7 Å². The first-order valence-electron chi connectivity index (χ1n) is 6.75. The Bertz CT molecular complexity index is 682. The predicted molar refractivity (Wildman–Crippen MR) is 82.9 cm³/mol. The van der Waals surface area contributed by atoms with Crippen molar-refractivity contribution >= 4 is 22.6 Å². The highest BCUT2D eigenvalue weighted by Crippen LogP contribution is 2.41. The Hall–Kier alpha value is -2.16. The molecule has 21 heavy (non-hydrogen) atoms. The minimum Gasteiger partial charge on any atom is -0.378 e. The topological polar surface area (TPSA) is 53.3 Å². The molecule has 0 spiro atoms. The number of anilines is 1. The van der Waals surface area contributed by atoms with Crippen LogP contribution in [0.1, 0.15) is 15.2 Å². The maximum atomic E-state index is 11.4. The van der Waals surface area contributed by atoms with Crippen LogP contribution in [0.4, 0.5) is 5.00 Å². The van der Waals surface area contributed by atoms with Gasteiger partial charge in [0.05, 0.1) is 23.7 Å². The van der Waals surface area contributed by atoms with Gasteiger partial charge in [0.2, 0.25) is 0 Å². The van der Waals surface area contributed by atoms with Gasteiger partial charge in [-0.25, -0.2) is 0 Å². The first kappa shape index (κ1) is 13.8. The summed E-state index contributed by atoms with van der Waals surface area (Å²) in [6.07, 6.45) is 0.845. The summed E-state index contributed by atoms with van der Waals surface area (Å²) in [7, 11) is 0. The largest absolute Gasteiger partial charge is 0.378 e. The van der Waals surface area contributed by atoms with Crippen molar-refractivity contribution in [3.63, 3.8) is 0 Å². The highest BCUT2D eigenvalue weighted by Gasteiger charge is 2.24. The van der Waals surface area contributed by atoms with E-state index in [0.29, 0.717) is 23.7 Å². The summed E-state index contributed by atoms with van der Waals surface area (Å²) in [4.78, 5) is 14.2. The number of hydrogen-bond donors (Lipinski definition) is 0. The van der Waals surface area contributed by atoms with Crippen LogP contribution in [0.5, 0.6) is 0 Å². The minimum absolute atomic E-state index is 0.593. The van der Waals surface area contributed by atoms with Gasteiger partial charge in [-0.2, -0.15) is 5.26 Å². The van der Waals surface area contributed by atoms with E-state index >= 15 is 0 Å². The zero-order valence-corrected chi connectivity index (χ0v) is 12.2. The zero-order valence-electron chi connectivity index (χ0n) is 11.4. The van der Waals surface area contributed by atoms with Gasteiger partial charge in [-0.15, -0.1) is 11.3 Å². The Morgan fingerprint density at radius 3 is 2.57 bits per heavy atom. The maximum absolute atomic E-state index is 11.4. The van der Waals surface area contributed by atoms with Crippen molar-refractivity contribution in [3.8, 4) is 17.2 Å². The standard InChI is InChI=1S/C16H14N2O2S/c17-10-13-15(12-4-2-1-3-5-12)14(11-19)21-16(13)18-6-8-20-9-7-18/h1-5,11H,6-9H2. The number of nitrogens with zero attached hydrogens (tertiary/aromatic N) is 2. The Labute approximate surface area is 127 Å². The molecular formula is C16H14N2O2S. The van der Waals surface area contributed by atoms with Crippen LogP contribution >= 0.6 is 11.3 Å². The lowest BCUT2D eigenvalue weighted by Gasteiger charge is -2.27. The van der Waals surface area contributed by atoms with E-state index < -0.39 is 0 Å². The van der Waals surface area contributed by atoms with Crippen LogP contribution in [-0.4, -0.2) is 32.6 Å². The number of ether oxygens (including phenoxy) is 1. The number of carbonyl (C=O) groups excluding carboxylic acids is 1. The van der Waals surface area contributed by atoms with Crippen LogP contribution < -0.4 is 4.90 Å². The Balaban J connectivity index is 2.13. The highest BCUT2D eigenvalue weighted by atomic mass is 32.1. The second-order valence-corrected chi connectivity index (χ2v) is 5.75. The normalized spacial score (nSPS) is 14.7. The van der Waals surface area contributed by atoms with Crippen molar-refractivity contribution in [2.45, 2.75) is 0 Å². The molecule has 1 aliphatic heterocycles. The summed E-state index contributed by atoms with van der Waals surface area (Å²) in [5.74, 6) is 0. The third-order valence-corrected chi connectivity index (χ3v) is 4.67. The molecular weight excluding hydrogens is 284 g/mol. The Morgan fingerprint density at radius 1 is 1.24 bits per heavy atom. The lowest BCUT2D eigenvalue weighted by atomic mass is 10.0. The lowest BCUT2D eigenvalue weighted by Crippen LogP contribution is -2.36. The van der Waals surface area contributed by atoms with E-state index in [0.717, 1.165) is 35.5 Å². The van der Waals surface area contributed by atoms with Crippen LogP contribution in [0.25, 0.3) is 11.1 Å². The van der Waals surface area contributed by atoms with E-state index in [1.165, 1.54) is 11.3 Å². The summed E-state index contributed by atoms with van der Waals surface area (Å²) < 4.78 is 5.35. The van der Waals surface area contributed by atoms with Crippen LogP contribution in [-0.2, 0) is 4.74 Å². The van der Waals surface area contributed by atoms with Gasteiger partial charge in [-0.3, -0.25) is 4.79 Å². The van der Waals surface area contributed by atoms with Gasteiger partial charge >= 0.3 is 0 Å². The Morgan fingerprint density at radius 2 is 1.95 bits per heavy atom. The number of nitriles is 1. The quantitative estimate of drug-likeness (QED) is 0.818. The molecule has 1 aromatic heterocycles. The second-order valence-electron chi connectivity index (χ2n) is 4.72. The number of hydrogen-bond acceptors (Lipinski definition) is 5. The molecule has 1 fully saturated rings. The molecule has 1 saturated heterocycles. The van der Waals surface area contributed by atoms with Crippen molar-refractivity contribution in [2.75, 3.05) is 31.2 Å². The number of rotatable bonds is 3. The number of aldehydes is 1. The number of carbonyl (C=O) groups is 1. The second kappa shape index (κ2) is 6.08. The predicted octanol–water partition coefficient (Wildman–Crippen LogP) is 2.94. The van der Waals surface area contributed by atoms with E-state index in [-0.39, 0.29) is 0 Å². The molecule has 0 bridgehead atoms. The summed E-state index contributed by atoms with van der Waals surface area (Å²) in [5, 5.41) is 10.5. The third kappa shape index (κ3) is 2.56. The summed E-state index contributed by atoms with van der Waals surface area (Å²) in [6.45, 7) is 2.81. The van der Waals surface area contributed by atoms with Gasteiger partial charge in [-0.05, 0) is 5.56 Å². The first-order valence-corrected chi connectivity index (χ1v) is 7.57. The van der Waals surface area contributed by atoms with E-state index in [1.54, 1.807) is 0 Å². The molecule has 3 rings (SSSR count). The average molecular weight is 298 g/mol. The lowest BCUT2D eigenvalue weighted by molar-refractivity contribution is 0.112. The molecule has 1 aliphatic rings. The maximum Gasteiger partial charge on any atom is 0.160 e. The molecule has 0 radical (unpaired) electrons. The van der Waals surface area contributed by atoms with Gasteiger partial charge in [0.15, 0.2) is 6.29 Å². The van der Waals surface area contributed by atoms with E-state index in [2.05, 4.69) is 11.0 Å². The smallest absolute Gasteiger partial charge is 0.160 e. The molecule has 106 valence electrons. The highest BCUT2D eigenvalue weighted by molar-refractivity contribution is 7.18. The van der Waals surface area contributed by atoms with Gasteiger partial charge in [0.1, 0.15) is 11.1 Å². The first-order chi connectivity index (χ1) is 10.3. The minimum atomic E-state index is 0.593. The molecule has 2 heterocycles. The molecule has 0 aliphatic carbocycles. The molecule has 0 amide bonds. The number of benzene rings is 1. The van der Waals surface area contributed by atoms with Crippen molar-refractivity contribution in [1.82, 2.24) is 0 Å². The summed E-state index contributed by atoms with van der Waals surface area (Å²) in [5.41, 5.74) is 2.25. The van der Waals surface area contributed by atoms with Crippen LogP contribution in [0.15, 0.2) is 30.3 Å². The van der Waals surface area contributed by atoms with Crippen molar-refractivity contribution in [1.29, 1.82) is 5.26 Å². The van der Waals surface area contributed by atoms with Crippen molar-refractivity contribution in [3.05, 3.63) is 40.8 Å². The molecule has 5 heteroatoms.